The highest BCUT2D eigenvalue weighted by molar-refractivity contribution is 9.10. The van der Waals surface area contributed by atoms with E-state index in [4.69, 9.17) is 30.5 Å². The minimum Gasteiger partial charge on any atom is -0.490 e. The number of rotatable bonds is 8. The second-order valence-corrected chi connectivity index (χ2v) is 9.82. The fraction of sp³-hybridized carbons (Fsp3) is 0.207. The van der Waals surface area contributed by atoms with E-state index in [2.05, 4.69) is 21.0 Å². The Kier molecular flexibility index (Phi) is 7.53. The van der Waals surface area contributed by atoms with E-state index < -0.39 is 0 Å². The molecule has 0 N–H and O–H groups in total. The zero-order valence-electron chi connectivity index (χ0n) is 21.1. The zero-order valence-corrected chi connectivity index (χ0v) is 23.4. The molecule has 0 saturated carbocycles. The zero-order chi connectivity index (χ0) is 26.8. The fourth-order valence-electron chi connectivity index (χ4n) is 3.96. The summed E-state index contributed by atoms with van der Waals surface area (Å²) in [6.45, 7) is 6.31. The van der Waals surface area contributed by atoms with E-state index in [1.165, 1.54) is 10.9 Å². The second-order valence-electron chi connectivity index (χ2n) is 8.65. The number of halogens is 2. The highest BCUT2D eigenvalue weighted by atomic mass is 79.9. The first-order valence-electron chi connectivity index (χ1n) is 12.3. The highest BCUT2D eigenvalue weighted by Gasteiger charge is 2.20. The maximum absolute atomic E-state index is 13.6. The summed E-state index contributed by atoms with van der Waals surface area (Å²) in [5.74, 6) is 1.66. The van der Waals surface area contributed by atoms with Gasteiger partial charge in [0.1, 0.15) is 10.6 Å². The van der Waals surface area contributed by atoms with Gasteiger partial charge in [0.2, 0.25) is 5.82 Å². The molecule has 5 aromatic rings. The van der Waals surface area contributed by atoms with E-state index in [1.54, 1.807) is 24.3 Å². The third-order valence-corrected chi connectivity index (χ3v) is 7.50. The van der Waals surface area contributed by atoms with E-state index in [1.807, 2.05) is 57.2 Å². The van der Waals surface area contributed by atoms with Gasteiger partial charge in [-0.05, 0) is 66.5 Å². The maximum Gasteiger partial charge on any atom is 0.282 e. The first-order valence-corrected chi connectivity index (χ1v) is 13.4. The molecule has 0 aliphatic rings. The van der Waals surface area contributed by atoms with Crippen molar-refractivity contribution in [2.75, 3.05) is 6.61 Å². The van der Waals surface area contributed by atoms with Crippen LogP contribution < -0.4 is 15.0 Å². The number of hydrogen-bond donors (Lipinski definition) is 0. The van der Waals surface area contributed by atoms with Gasteiger partial charge in [0, 0.05) is 15.4 Å². The Balaban J connectivity index is 1.67. The first-order chi connectivity index (χ1) is 18.4. The van der Waals surface area contributed by atoms with Gasteiger partial charge in [-0.25, -0.2) is 4.98 Å². The topological polar surface area (TPSA) is 78.9 Å². The van der Waals surface area contributed by atoms with Gasteiger partial charge in [0.05, 0.1) is 29.8 Å². The molecule has 0 fully saturated rings. The molecular formula is C29H25BrClN3O4. The van der Waals surface area contributed by atoms with Crippen molar-refractivity contribution in [2.24, 2.45) is 5.10 Å². The lowest BCUT2D eigenvalue weighted by atomic mass is 10.2. The summed E-state index contributed by atoms with van der Waals surface area (Å²) in [7, 11) is 0. The largest absolute Gasteiger partial charge is 0.490 e. The van der Waals surface area contributed by atoms with Crippen molar-refractivity contribution in [3.05, 3.63) is 86.1 Å². The van der Waals surface area contributed by atoms with E-state index in [0.717, 1.165) is 11.8 Å². The summed E-state index contributed by atoms with van der Waals surface area (Å²) in [5.41, 5.74) is 1.51. The molecule has 1 atom stereocenters. The molecule has 3 aromatic carbocycles. The summed E-state index contributed by atoms with van der Waals surface area (Å²) in [6, 6.07) is 18.4. The van der Waals surface area contributed by atoms with Crippen LogP contribution in [0.3, 0.4) is 0 Å². The van der Waals surface area contributed by atoms with E-state index in [9.17, 15) is 4.79 Å². The first kappa shape index (κ1) is 26.0. The monoisotopic (exact) mass is 593 g/mol. The van der Waals surface area contributed by atoms with Gasteiger partial charge in [-0.2, -0.15) is 9.78 Å². The number of para-hydroxylation sites is 2. The molecule has 0 unspecified atom stereocenters. The number of aromatic nitrogens is 2. The van der Waals surface area contributed by atoms with Crippen LogP contribution in [0.4, 0.5) is 0 Å². The predicted molar refractivity (Wildman–Crippen MR) is 155 cm³/mol. The molecule has 38 heavy (non-hydrogen) atoms. The Morgan fingerprint density at radius 1 is 1.16 bits per heavy atom. The van der Waals surface area contributed by atoms with Crippen molar-refractivity contribution in [2.45, 2.75) is 33.3 Å². The minimum absolute atomic E-state index is 0.0493. The van der Waals surface area contributed by atoms with Gasteiger partial charge in [0.15, 0.2) is 17.3 Å². The molecule has 0 aliphatic heterocycles. The molecule has 2 heterocycles. The highest BCUT2D eigenvalue weighted by Crippen LogP contribution is 2.43. The Morgan fingerprint density at radius 3 is 2.68 bits per heavy atom. The average Bonchev–Trinajstić information content (AvgIpc) is 3.37. The second kappa shape index (κ2) is 11.0. The summed E-state index contributed by atoms with van der Waals surface area (Å²) >= 11 is 10.3. The molecule has 194 valence electrons. The number of nitrogens with zero attached hydrogens (tertiary/aromatic N) is 3. The van der Waals surface area contributed by atoms with Gasteiger partial charge in [0.25, 0.3) is 5.56 Å². The Hall–Kier alpha value is -3.62. The van der Waals surface area contributed by atoms with Gasteiger partial charge in [-0.15, -0.1) is 0 Å². The van der Waals surface area contributed by atoms with Gasteiger partial charge in [-0.1, -0.05) is 48.9 Å². The lowest BCUT2D eigenvalue weighted by molar-refractivity contribution is 0.203. The van der Waals surface area contributed by atoms with Crippen LogP contribution in [-0.4, -0.2) is 28.6 Å². The molecular weight excluding hydrogens is 570 g/mol. The number of furan rings is 1. The normalized spacial score (nSPS) is 12.4. The standard InChI is InChI=1S/C29H25BrClN3O4/c1-4-17(3)37-27-23(36-5-2)15-19(25(30)26(27)31)16-32-34-28(24-14-18-10-6-9-13-22(18)38-24)33-21-12-8-7-11-20(21)29(34)35/h6-17H,4-5H2,1-3H3/t17-/m0/s1. The number of benzene rings is 3. The van der Waals surface area contributed by atoms with Crippen LogP contribution in [0.1, 0.15) is 32.8 Å². The molecule has 0 bridgehead atoms. The lowest BCUT2D eigenvalue weighted by Gasteiger charge is -2.19. The average molecular weight is 595 g/mol. The number of hydrogen-bond acceptors (Lipinski definition) is 6. The van der Waals surface area contributed by atoms with E-state index in [-0.39, 0.29) is 17.5 Å². The van der Waals surface area contributed by atoms with Crippen molar-refractivity contribution >= 4 is 55.6 Å². The number of ether oxygens (including phenoxy) is 2. The SMILES string of the molecule is CCOc1cc(C=Nn2c(-c3cc4ccccc4o3)nc3ccccc3c2=O)c(Br)c(Cl)c1O[C@@H](C)CC. The molecule has 0 spiro atoms. The van der Waals surface area contributed by atoms with Crippen molar-refractivity contribution < 1.29 is 13.9 Å². The Bertz CT molecular complexity index is 1690. The molecule has 0 radical (unpaired) electrons. The maximum atomic E-state index is 13.6. The molecule has 5 rings (SSSR count). The van der Waals surface area contributed by atoms with Gasteiger partial charge in [-0.3, -0.25) is 4.79 Å². The van der Waals surface area contributed by atoms with Crippen LogP contribution in [0.15, 0.2) is 79.4 Å². The van der Waals surface area contributed by atoms with Crippen molar-refractivity contribution in [1.82, 2.24) is 9.66 Å². The van der Waals surface area contributed by atoms with Crippen molar-refractivity contribution in [3.63, 3.8) is 0 Å². The van der Waals surface area contributed by atoms with E-state index in [0.29, 0.717) is 55.4 Å². The lowest BCUT2D eigenvalue weighted by Crippen LogP contribution is -2.20. The van der Waals surface area contributed by atoms with Crippen LogP contribution in [0.2, 0.25) is 5.02 Å². The quantitative estimate of drug-likeness (QED) is 0.172. The number of fused-ring (bicyclic) bond motifs is 2. The van der Waals surface area contributed by atoms with Crippen molar-refractivity contribution in [3.8, 4) is 23.1 Å². The summed E-state index contributed by atoms with van der Waals surface area (Å²) in [4.78, 5) is 18.3. The third kappa shape index (κ3) is 4.93. The van der Waals surface area contributed by atoms with Crippen molar-refractivity contribution in [1.29, 1.82) is 0 Å². The van der Waals surface area contributed by atoms with Crippen LogP contribution in [0, 0.1) is 0 Å². The van der Waals surface area contributed by atoms with Crippen LogP contribution in [0.5, 0.6) is 11.5 Å². The van der Waals surface area contributed by atoms with Crippen LogP contribution in [0.25, 0.3) is 33.5 Å². The van der Waals surface area contributed by atoms with E-state index >= 15 is 0 Å². The summed E-state index contributed by atoms with van der Waals surface area (Å²) < 4.78 is 19.7. The Labute approximate surface area is 232 Å². The molecule has 0 aliphatic carbocycles. The van der Waals surface area contributed by atoms with Crippen LogP contribution in [-0.2, 0) is 0 Å². The van der Waals surface area contributed by atoms with Gasteiger partial charge < -0.3 is 13.9 Å². The summed E-state index contributed by atoms with van der Waals surface area (Å²) in [5, 5.41) is 6.25. The van der Waals surface area contributed by atoms with Gasteiger partial charge >= 0.3 is 0 Å². The minimum atomic E-state index is -0.328. The molecule has 2 aromatic heterocycles. The molecule has 7 nitrogen and oxygen atoms in total. The van der Waals surface area contributed by atoms with Crippen LogP contribution >= 0.6 is 27.5 Å². The smallest absolute Gasteiger partial charge is 0.282 e. The third-order valence-electron chi connectivity index (χ3n) is 6.06. The molecule has 0 amide bonds. The fourth-order valence-corrected chi connectivity index (χ4v) is 4.60. The molecule has 9 heteroatoms. The predicted octanol–water partition coefficient (Wildman–Crippen LogP) is 7.68. The molecule has 0 saturated heterocycles. The summed E-state index contributed by atoms with van der Waals surface area (Å²) in [6.07, 6.45) is 2.30. The Morgan fingerprint density at radius 2 is 1.92 bits per heavy atom.